The van der Waals surface area contributed by atoms with Crippen LogP contribution < -0.4 is 5.32 Å². The zero-order chi connectivity index (χ0) is 21.0. The Morgan fingerprint density at radius 2 is 1.97 bits per heavy atom. The van der Waals surface area contributed by atoms with E-state index in [4.69, 9.17) is 0 Å². The maximum absolute atomic E-state index is 12.7. The molecule has 1 heterocycles. The molecule has 0 bridgehead atoms. The molecule has 1 aromatic heterocycles. The van der Waals surface area contributed by atoms with Crippen LogP contribution in [0.4, 0.5) is 5.69 Å². The molecule has 1 aromatic carbocycles. The molecule has 8 nitrogen and oxygen atoms in total. The van der Waals surface area contributed by atoms with Crippen molar-refractivity contribution in [1.29, 1.82) is 0 Å². The fourth-order valence-electron chi connectivity index (χ4n) is 3.12. The van der Waals surface area contributed by atoms with Crippen molar-refractivity contribution in [1.82, 2.24) is 19.1 Å². The Morgan fingerprint density at radius 1 is 1.24 bits per heavy atom. The van der Waals surface area contributed by atoms with Crippen molar-refractivity contribution in [3.63, 3.8) is 0 Å². The lowest BCUT2D eigenvalue weighted by atomic mass is 10.3. The number of anilines is 1. The van der Waals surface area contributed by atoms with Crippen LogP contribution in [0.3, 0.4) is 0 Å². The molecule has 1 aliphatic rings. The van der Waals surface area contributed by atoms with Gasteiger partial charge in [-0.15, -0.1) is 10.2 Å². The van der Waals surface area contributed by atoms with Gasteiger partial charge in [0.25, 0.3) is 0 Å². The molecule has 0 spiro atoms. The number of carbonyl (C=O) groups is 1. The third-order valence-corrected chi connectivity index (χ3v) is 7.81. The highest BCUT2D eigenvalue weighted by atomic mass is 32.2. The lowest BCUT2D eigenvalue weighted by Crippen LogP contribution is -2.30. The highest BCUT2D eigenvalue weighted by molar-refractivity contribution is 7.99. The van der Waals surface area contributed by atoms with Crippen LogP contribution >= 0.6 is 11.8 Å². The van der Waals surface area contributed by atoms with Gasteiger partial charge in [0.2, 0.25) is 15.9 Å². The number of amides is 1. The van der Waals surface area contributed by atoms with Crippen LogP contribution in [0.1, 0.15) is 45.4 Å². The summed E-state index contributed by atoms with van der Waals surface area (Å²) >= 11 is 1.34. The zero-order valence-corrected chi connectivity index (χ0v) is 18.6. The molecular weight excluding hydrogens is 410 g/mol. The first kappa shape index (κ1) is 21.8. The standard InChI is InChI=1S/C19H27N5O3S2/c1-4-23(5-2)29(26,27)16-9-7-8-15(12-16)20-17(25)13-28-19-22-21-18(14-10-11-14)24(19)6-3/h7-9,12,14H,4-6,10-11,13H2,1-3H3,(H,20,25). The smallest absolute Gasteiger partial charge is 0.243 e. The Kier molecular flexibility index (Phi) is 6.97. The topological polar surface area (TPSA) is 97.2 Å². The molecule has 1 saturated carbocycles. The molecule has 10 heteroatoms. The molecule has 0 radical (unpaired) electrons. The molecular formula is C19H27N5O3S2. The first-order chi connectivity index (χ1) is 13.9. The van der Waals surface area contributed by atoms with Crippen molar-refractivity contribution in [2.75, 3.05) is 24.2 Å². The van der Waals surface area contributed by atoms with E-state index in [9.17, 15) is 13.2 Å². The van der Waals surface area contributed by atoms with Gasteiger partial charge in [-0.1, -0.05) is 31.7 Å². The number of thioether (sulfide) groups is 1. The minimum absolute atomic E-state index is 0.173. The highest BCUT2D eigenvalue weighted by Gasteiger charge is 2.30. The van der Waals surface area contributed by atoms with E-state index >= 15 is 0 Å². The number of nitrogens with one attached hydrogen (secondary N) is 1. The molecule has 0 atom stereocenters. The number of carbonyl (C=O) groups excluding carboxylic acids is 1. The van der Waals surface area contributed by atoms with Gasteiger partial charge in [0.05, 0.1) is 10.6 Å². The fourth-order valence-corrected chi connectivity index (χ4v) is 5.44. The Bertz CT molecular complexity index is 966. The third kappa shape index (κ3) is 4.99. The van der Waals surface area contributed by atoms with Gasteiger partial charge in [-0.25, -0.2) is 8.42 Å². The van der Waals surface area contributed by atoms with E-state index in [1.54, 1.807) is 32.0 Å². The Labute approximate surface area is 176 Å². The maximum Gasteiger partial charge on any atom is 0.243 e. The normalized spacial score (nSPS) is 14.3. The predicted octanol–water partition coefficient (Wildman–Crippen LogP) is 2.94. The summed E-state index contributed by atoms with van der Waals surface area (Å²) in [5.41, 5.74) is 0.458. The van der Waals surface area contributed by atoms with Crippen LogP contribution in [-0.4, -0.2) is 52.2 Å². The number of aromatic nitrogens is 3. The summed E-state index contributed by atoms with van der Waals surface area (Å²) in [6, 6.07) is 6.36. The molecule has 29 heavy (non-hydrogen) atoms. The van der Waals surface area contributed by atoms with Crippen molar-refractivity contribution in [3.05, 3.63) is 30.1 Å². The summed E-state index contributed by atoms with van der Waals surface area (Å²) in [7, 11) is -3.57. The first-order valence-corrected chi connectivity index (χ1v) is 12.3. The number of hydrogen-bond donors (Lipinski definition) is 1. The van der Waals surface area contributed by atoms with E-state index in [-0.39, 0.29) is 16.6 Å². The summed E-state index contributed by atoms with van der Waals surface area (Å²) in [5, 5.41) is 12.0. The van der Waals surface area contributed by atoms with Gasteiger partial charge in [-0.2, -0.15) is 4.31 Å². The maximum atomic E-state index is 12.7. The molecule has 0 unspecified atom stereocenters. The number of benzene rings is 1. The second-order valence-corrected chi connectivity index (χ2v) is 9.69. The van der Waals surface area contributed by atoms with Gasteiger partial charge in [-0.05, 0) is 38.0 Å². The quantitative estimate of drug-likeness (QED) is 0.574. The van der Waals surface area contributed by atoms with Crippen LogP contribution in [0, 0.1) is 0 Å². The number of rotatable bonds is 10. The summed E-state index contributed by atoms with van der Waals surface area (Å²) in [5.74, 6) is 1.47. The zero-order valence-electron chi connectivity index (χ0n) is 17.0. The molecule has 3 rings (SSSR count). The van der Waals surface area contributed by atoms with Gasteiger partial charge in [0.1, 0.15) is 5.82 Å². The van der Waals surface area contributed by atoms with Crippen molar-refractivity contribution in [3.8, 4) is 0 Å². The number of hydrogen-bond acceptors (Lipinski definition) is 6. The van der Waals surface area contributed by atoms with Crippen LogP contribution in [0.5, 0.6) is 0 Å². The average molecular weight is 438 g/mol. The van der Waals surface area contributed by atoms with E-state index < -0.39 is 10.0 Å². The Hall–Kier alpha value is -1.91. The SMILES string of the molecule is CCN(CC)S(=O)(=O)c1cccc(NC(=O)CSc2nnc(C3CC3)n2CC)c1. The van der Waals surface area contributed by atoms with E-state index in [0.29, 0.717) is 24.7 Å². The van der Waals surface area contributed by atoms with E-state index in [1.165, 1.54) is 22.1 Å². The van der Waals surface area contributed by atoms with Crippen molar-refractivity contribution < 1.29 is 13.2 Å². The largest absolute Gasteiger partial charge is 0.325 e. The second-order valence-electron chi connectivity index (χ2n) is 6.81. The number of nitrogens with zero attached hydrogens (tertiary/aromatic N) is 4. The third-order valence-electron chi connectivity index (χ3n) is 4.80. The molecule has 0 aliphatic heterocycles. The fraction of sp³-hybridized carbons (Fsp3) is 0.526. The van der Waals surface area contributed by atoms with Crippen molar-refractivity contribution >= 4 is 33.4 Å². The van der Waals surface area contributed by atoms with Crippen LogP contribution in [0.15, 0.2) is 34.3 Å². The van der Waals surface area contributed by atoms with E-state index in [0.717, 1.165) is 30.4 Å². The molecule has 1 fully saturated rings. The minimum atomic E-state index is -3.57. The van der Waals surface area contributed by atoms with Gasteiger partial charge in [-0.3, -0.25) is 4.79 Å². The summed E-state index contributed by atoms with van der Waals surface area (Å²) in [6.45, 7) is 7.20. The molecule has 0 saturated heterocycles. The monoisotopic (exact) mass is 437 g/mol. The summed E-state index contributed by atoms with van der Waals surface area (Å²) < 4.78 is 28.8. The lowest BCUT2D eigenvalue weighted by Gasteiger charge is -2.18. The van der Waals surface area contributed by atoms with Crippen LogP contribution in [0.2, 0.25) is 0 Å². The Morgan fingerprint density at radius 3 is 2.59 bits per heavy atom. The van der Waals surface area contributed by atoms with Crippen molar-refractivity contribution in [2.45, 2.75) is 56.1 Å². The first-order valence-electron chi connectivity index (χ1n) is 9.86. The Balaban J connectivity index is 1.64. The summed E-state index contributed by atoms with van der Waals surface area (Å²) in [4.78, 5) is 12.6. The summed E-state index contributed by atoms with van der Waals surface area (Å²) in [6.07, 6.45) is 2.30. The van der Waals surface area contributed by atoms with Gasteiger partial charge < -0.3 is 9.88 Å². The molecule has 1 aliphatic carbocycles. The molecule has 1 N–H and O–H groups in total. The number of sulfonamides is 1. The van der Waals surface area contributed by atoms with Gasteiger partial charge in [0.15, 0.2) is 5.16 Å². The molecule has 158 valence electrons. The molecule has 2 aromatic rings. The average Bonchev–Trinajstić information content (AvgIpc) is 3.47. The van der Waals surface area contributed by atoms with Gasteiger partial charge in [0, 0.05) is 31.2 Å². The van der Waals surface area contributed by atoms with Crippen LogP contribution in [0.25, 0.3) is 0 Å². The van der Waals surface area contributed by atoms with E-state index in [2.05, 4.69) is 20.1 Å². The lowest BCUT2D eigenvalue weighted by molar-refractivity contribution is -0.113. The van der Waals surface area contributed by atoms with Gasteiger partial charge >= 0.3 is 0 Å². The minimum Gasteiger partial charge on any atom is -0.325 e. The molecule has 1 amide bonds. The predicted molar refractivity (Wildman–Crippen MR) is 114 cm³/mol. The highest BCUT2D eigenvalue weighted by Crippen LogP contribution is 2.40. The second kappa shape index (κ2) is 9.27. The van der Waals surface area contributed by atoms with Crippen molar-refractivity contribution in [2.24, 2.45) is 0 Å². The van der Waals surface area contributed by atoms with E-state index in [1.807, 2.05) is 6.92 Å². The van der Waals surface area contributed by atoms with Crippen LogP contribution in [-0.2, 0) is 21.4 Å².